The molecule has 3 aromatic carbocycles. The van der Waals surface area contributed by atoms with E-state index in [4.69, 9.17) is 0 Å². The highest BCUT2D eigenvalue weighted by molar-refractivity contribution is 7.13. The van der Waals surface area contributed by atoms with Gasteiger partial charge in [-0.3, -0.25) is 44.8 Å². The van der Waals surface area contributed by atoms with Gasteiger partial charge in [0, 0.05) is 98.3 Å². The van der Waals surface area contributed by atoms with Crippen molar-refractivity contribution in [2.75, 3.05) is 74.0 Å². The van der Waals surface area contributed by atoms with Crippen LogP contribution in [0.15, 0.2) is 72.5 Å². The zero-order valence-electron chi connectivity index (χ0n) is 36.4. The number of piperidine rings is 1. The lowest BCUT2D eigenvalue weighted by atomic mass is 9.86. The highest BCUT2D eigenvalue weighted by Crippen LogP contribution is 2.42. The lowest BCUT2D eigenvalue weighted by Gasteiger charge is -2.40. The predicted octanol–water partition coefficient (Wildman–Crippen LogP) is 6.00. The molecule has 11 rings (SSSR count). The molecule has 2 unspecified atom stereocenters. The fourth-order valence-electron chi connectivity index (χ4n) is 10.4. The second-order valence-corrected chi connectivity index (χ2v) is 18.8. The van der Waals surface area contributed by atoms with Gasteiger partial charge in [-0.2, -0.15) is 5.10 Å². The number of H-pyrrole nitrogens is 1. The molecule has 16 nitrogen and oxygen atoms in total. The number of benzene rings is 3. The monoisotopic (exact) mass is 932 g/mol. The minimum Gasteiger partial charge on any atom is -0.369 e. The van der Waals surface area contributed by atoms with Gasteiger partial charge < -0.3 is 14.4 Å². The number of hydrogen-bond acceptors (Lipinski definition) is 11. The van der Waals surface area contributed by atoms with E-state index in [1.54, 1.807) is 42.2 Å². The van der Waals surface area contributed by atoms with E-state index in [1.807, 2.05) is 33.7 Å². The number of alkyl halides is 2. The van der Waals surface area contributed by atoms with Gasteiger partial charge in [0.1, 0.15) is 5.82 Å². The highest BCUT2D eigenvalue weighted by Gasteiger charge is 2.46. The first-order valence-corrected chi connectivity index (χ1v) is 23.5. The van der Waals surface area contributed by atoms with Crippen LogP contribution in [0.2, 0.25) is 0 Å². The summed E-state index contributed by atoms with van der Waals surface area (Å²) in [5.74, 6) is -5.29. The summed E-state index contributed by atoms with van der Waals surface area (Å²) < 4.78 is 49.6. The quantitative estimate of drug-likeness (QED) is 0.140. The molecule has 5 aliphatic rings. The van der Waals surface area contributed by atoms with Gasteiger partial charge in [0.2, 0.25) is 5.91 Å². The number of aromatic nitrogens is 5. The SMILES string of the molecule is O=C1CCN(c2n[nH]c3cc(C4CCN(CCN5CCN(c6ccc(-c7cc(F)c8c(c7)C(=O)N(C(C(=O)Nc7nccs7)c7ncn9c7CCC9)C8)cc6)CC5)CC4(F)F)ccc23)C(=O)N1. The maximum Gasteiger partial charge on any atom is 0.329 e. The van der Waals surface area contributed by atoms with Crippen LogP contribution in [-0.2, 0) is 29.1 Å². The van der Waals surface area contributed by atoms with E-state index in [2.05, 4.69) is 40.6 Å². The van der Waals surface area contributed by atoms with Crippen LogP contribution < -0.4 is 20.4 Å². The molecule has 0 radical (unpaired) electrons. The van der Waals surface area contributed by atoms with E-state index in [-0.39, 0.29) is 43.1 Å². The maximum absolute atomic E-state index is 16.0. The Morgan fingerprint density at radius 1 is 0.910 bits per heavy atom. The fraction of sp³-hybridized carbons (Fsp3) is 0.383. The molecule has 3 aromatic heterocycles. The van der Waals surface area contributed by atoms with Gasteiger partial charge in [-0.1, -0.05) is 18.2 Å². The third-order valence-electron chi connectivity index (χ3n) is 13.9. The number of thiazole rings is 1. The molecule has 67 heavy (non-hydrogen) atoms. The molecule has 0 bridgehead atoms. The molecule has 8 heterocycles. The Balaban J connectivity index is 0.691. The lowest BCUT2D eigenvalue weighted by molar-refractivity contribution is -0.121. The summed E-state index contributed by atoms with van der Waals surface area (Å²) in [7, 11) is 0. The molecule has 6 aromatic rings. The van der Waals surface area contributed by atoms with Crippen molar-refractivity contribution in [1.29, 1.82) is 0 Å². The smallest absolute Gasteiger partial charge is 0.329 e. The number of carbonyl (C=O) groups excluding carboxylic acids is 4. The number of fused-ring (bicyclic) bond motifs is 3. The summed E-state index contributed by atoms with van der Waals surface area (Å²) in [4.78, 5) is 70.0. The van der Waals surface area contributed by atoms with Gasteiger partial charge >= 0.3 is 6.03 Å². The van der Waals surface area contributed by atoms with Gasteiger partial charge in [-0.15, -0.1) is 11.3 Å². The third kappa shape index (κ3) is 8.09. The molecule has 0 saturated carbocycles. The summed E-state index contributed by atoms with van der Waals surface area (Å²) >= 11 is 1.27. The van der Waals surface area contributed by atoms with Gasteiger partial charge in [-0.05, 0) is 78.9 Å². The van der Waals surface area contributed by atoms with Gasteiger partial charge in [0.15, 0.2) is 17.0 Å². The molecule has 5 aliphatic heterocycles. The summed E-state index contributed by atoms with van der Waals surface area (Å²) in [6.07, 6.45) is 5.38. The van der Waals surface area contributed by atoms with Gasteiger partial charge in [0.05, 0.1) is 36.5 Å². The van der Waals surface area contributed by atoms with Crippen molar-refractivity contribution in [2.24, 2.45) is 0 Å². The maximum atomic E-state index is 16.0. The minimum absolute atomic E-state index is 0.0691. The van der Waals surface area contributed by atoms with E-state index in [0.717, 1.165) is 62.5 Å². The number of imide groups is 1. The molecule has 0 aliphatic carbocycles. The van der Waals surface area contributed by atoms with Crippen LogP contribution in [-0.4, -0.2) is 128 Å². The van der Waals surface area contributed by atoms with E-state index < -0.39 is 41.5 Å². The third-order valence-corrected chi connectivity index (χ3v) is 14.6. The van der Waals surface area contributed by atoms with Crippen LogP contribution >= 0.6 is 11.3 Å². The molecule has 3 N–H and O–H groups in total. The molecule has 2 atom stereocenters. The van der Waals surface area contributed by atoms with E-state index in [0.29, 0.717) is 64.7 Å². The first kappa shape index (κ1) is 43.0. The number of aryl methyl sites for hydroxylation is 1. The molecule has 0 spiro atoms. The summed E-state index contributed by atoms with van der Waals surface area (Å²) in [5, 5.41) is 15.1. The van der Waals surface area contributed by atoms with Crippen LogP contribution in [0, 0.1) is 5.82 Å². The van der Waals surface area contributed by atoms with Crippen LogP contribution in [0.25, 0.3) is 22.0 Å². The second kappa shape index (κ2) is 17.2. The molecule has 346 valence electrons. The number of anilines is 3. The molecular weight excluding hydrogens is 886 g/mol. The Kier molecular flexibility index (Phi) is 11.0. The number of amides is 5. The summed E-state index contributed by atoms with van der Waals surface area (Å²) in [6.45, 7) is 5.37. The number of nitrogens with zero attached hydrogens (tertiary/aromatic N) is 9. The zero-order valence-corrected chi connectivity index (χ0v) is 37.2. The van der Waals surface area contributed by atoms with Crippen molar-refractivity contribution in [3.8, 4) is 11.1 Å². The topological polar surface area (TPSA) is 168 Å². The van der Waals surface area contributed by atoms with Crippen molar-refractivity contribution in [1.82, 2.24) is 44.7 Å². The molecule has 3 fully saturated rings. The van der Waals surface area contributed by atoms with Crippen LogP contribution in [0.4, 0.5) is 34.6 Å². The minimum atomic E-state index is -2.95. The molecule has 5 amide bonds. The predicted molar refractivity (Wildman–Crippen MR) is 245 cm³/mol. The Bertz CT molecular complexity index is 2900. The number of likely N-dealkylation sites (tertiary alicyclic amines) is 1. The molecular formula is C47H47F3N12O4S. The number of carbonyl (C=O) groups is 4. The Hall–Kier alpha value is -6.64. The average molecular weight is 933 g/mol. The van der Waals surface area contributed by atoms with Crippen molar-refractivity contribution < 1.29 is 32.3 Å². The number of nitrogens with one attached hydrogen (secondary N) is 3. The highest BCUT2D eigenvalue weighted by atomic mass is 32.1. The number of piperazine rings is 1. The van der Waals surface area contributed by atoms with E-state index in [1.165, 1.54) is 27.2 Å². The first-order chi connectivity index (χ1) is 32.5. The normalized spacial score (nSPS) is 20.4. The average Bonchev–Trinajstić information content (AvgIpc) is 4.18. The lowest BCUT2D eigenvalue weighted by Crippen LogP contribution is -2.52. The second-order valence-electron chi connectivity index (χ2n) is 17.9. The van der Waals surface area contributed by atoms with Crippen LogP contribution in [0.1, 0.15) is 64.1 Å². The number of urea groups is 1. The zero-order chi connectivity index (χ0) is 46.0. The number of aromatic amines is 1. The number of rotatable bonds is 11. The van der Waals surface area contributed by atoms with E-state index in [9.17, 15) is 19.2 Å². The largest absolute Gasteiger partial charge is 0.369 e. The number of imidazole rings is 1. The summed E-state index contributed by atoms with van der Waals surface area (Å²) in [6, 6.07) is 14.5. The van der Waals surface area contributed by atoms with Crippen molar-refractivity contribution in [3.63, 3.8) is 0 Å². The number of hydrogen-bond donors (Lipinski definition) is 3. The van der Waals surface area contributed by atoms with E-state index >= 15 is 13.2 Å². The Morgan fingerprint density at radius 2 is 1.73 bits per heavy atom. The Labute approximate surface area is 386 Å². The van der Waals surface area contributed by atoms with Crippen molar-refractivity contribution >= 4 is 62.6 Å². The van der Waals surface area contributed by atoms with Gasteiger partial charge in [0.25, 0.3) is 17.7 Å². The van der Waals surface area contributed by atoms with Gasteiger partial charge in [-0.25, -0.2) is 27.9 Å². The standard InChI is InChI=1S/C47H47F3N12O4S/c48-36-23-30(22-33-34(36)25-62(44(33)65)41(43(64)54-45-51-11-21-67-45)40-38-2-1-12-60(38)27-52-40)28-3-6-31(7-4-28)59-19-17-57(18-20-59)15-16-58-13-9-35(47(49,50)26-58)29-5-8-32-37(24-29)55-56-42(32)61-14-10-39(63)53-46(61)66/h3-8,11,21-24,27,35,41H,1-2,9-10,12-20,25-26H2,(H,55,56)(H,51,54,64)(H,53,63,66). The number of halogens is 3. The van der Waals surface area contributed by atoms with Crippen LogP contribution in [0.5, 0.6) is 0 Å². The van der Waals surface area contributed by atoms with Crippen molar-refractivity contribution in [2.45, 2.75) is 56.7 Å². The first-order valence-electron chi connectivity index (χ1n) is 22.6. The molecule has 3 saturated heterocycles. The summed E-state index contributed by atoms with van der Waals surface area (Å²) in [5.41, 5.74) is 5.26. The fourth-order valence-corrected chi connectivity index (χ4v) is 10.9. The van der Waals surface area contributed by atoms with Crippen molar-refractivity contribution in [3.05, 3.63) is 106 Å². The Morgan fingerprint density at radius 3 is 2.51 bits per heavy atom. The van der Waals surface area contributed by atoms with Crippen LogP contribution in [0.3, 0.4) is 0 Å². The molecule has 20 heteroatoms.